The highest BCUT2D eigenvalue weighted by molar-refractivity contribution is 7.99. The Morgan fingerprint density at radius 1 is 1.42 bits per heavy atom. The van der Waals surface area contributed by atoms with Crippen molar-refractivity contribution in [2.75, 3.05) is 23.4 Å². The van der Waals surface area contributed by atoms with E-state index < -0.39 is 6.04 Å². The number of carbonyl (C=O) groups excluding carboxylic acids is 3. The van der Waals surface area contributed by atoms with Gasteiger partial charge in [-0.05, 0) is 19.8 Å². The molecule has 1 aliphatic carbocycles. The van der Waals surface area contributed by atoms with Crippen LogP contribution in [0.5, 0.6) is 0 Å². The molecule has 1 saturated heterocycles. The summed E-state index contributed by atoms with van der Waals surface area (Å²) in [5, 5.41) is 5.97. The van der Waals surface area contributed by atoms with Crippen LogP contribution in [0.1, 0.15) is 36.3 Å². The third-order valence-electron chi connectivity index (χ3n) is 3.93. The molecular weight excluding hydrogens is 350 g/mol. The van der Waals surface area contributed by atoms with Crippen molar-refractivity contribution >= 4 is 46.0 Å². The average Bonchev–Trinajstić information content (AvgIpc) is 3.02. The number of fused-ring (bicyclic) bond motifs is 1. The third-order valence-corrected chi connectivity index (χ3v) is 6.04. The molecule has 0 radical (unpaired) electrons. The summed E-state index contributed by atoms with van der Waals surface area (Å²) in [5.41, 5.74) is 0.716. The topological polar surface area (TPSA) is 97.4 Å². The Balaban J connectivity index is 1.66. The minimum Gasteiger partial charge on any atom is -0.465 e. The predicted octanol–water partition coefficient (Wildman–Crippen LogP) is 1.30. The number of rotatable bonds is 4. The summed E-state index contributed by atoms with van der Waals surface area (Å²) in [6, 6.07) is -0.551. The van der Waals surface area contributed by atoms with E-state index in [1.165, 1.54) is 11.3 Å². The summed E-state index contributed by atoms with van der Waals surface area (Å²) in [4.78, 5) is 41.3. The van der Waals surface area contributed by atoms with E-state index in [-0.39, 0.29) is 23.7 Å². The van der Waals surface area contributed by atoms with E-state index in [2.05, 4.69) is 15.6 Å². The van der Waals surface area contributed by atoms with Crippen molar-refractivity contribution in [3.05, 3.63) is 10.6 Å². The molecule has 0 spiro atoms. The van der Waals surface area contributed by atoms with Gasteiger partial charge in [0.05, 0.1) is 12.3 Å². The van der Waals surface area contributed by atoms with Crippen LogP contribution in [0.4, 0.5) is 5.13 Å². The molecule has 1 aliphatic heterocycles. The highest BCUT2D eigenvalue weighted by Crippen LogP contribution is 2.39. The van der Waals surface area contributed by atoms with Gasteiger partial charge >= 0.3 is 5.97 Å². The van der Waals surface area contributed by atoms with Gasteiger partial charge in [0.15, 0.2) is 5.13 Å². The molecule has 2 atom stereocenters. The smallest absolute Gasteiger partial charge is 0.315 e. The number of esters is 1. The molecule has 1 fully saturated rings. The van der Waals surface area contributed by atoms with Gasteiger partial charge in [-0.3, -0.25) is 14.4 Å². The quantitative estimate of drug-likeness (QED) is 0.777. The van der Waals surface area contributed by atoms with Gasteiger partial charge in [0.1, 0.15) is 12.0 Å². The number of carbonyl (C=O) groups is 3. The second-order valence-electron chi connectivity index (χ2n) is 5.61. The Kier molecular flexibility index (Phi) is 5.40. The van der Waals surface area contributed by atoms with Crippen LogP contribution in [0.25, 0.3) is 0 Å². The Morgan fingerprint density at radius 2 is 2.25 bits per heavy atom. The van der Waals surface area contributed by atoms with Gasteiger partial charge in [-0.15, -0.1) is 11.3 Å². The standard InChI is InChI=1S/C15H19N3O4S2/c1-2-22-14(21)8-3-4-10-12(8)17-15(24-10)18-13(20)9-7-23-6-5-11(19)16-9/h8-9H,2-7H2,1H3,(H,16,19)(H,17,18,20)/t8-,9-/m0/s1. The first-order chi connectivity index (χ1) is 11.6. The van der Waals surface area contributed by atoms with E-state index in [4.69, 9.17) is 4.74 Å². The molecule has 0 unspecified atom stereocenters. The zero-order valence-corrected chi connectivity index (χ0v) is 14.9. The molecule has 2 heterocycles. The lowest BCUT2D eigenvalue weighted by Crippen LogP contribution is -2.44. The largest absolute Gasteiger partial charge is 0.465 e. The molecule has 1 aromatic rings. The summed E-state index contributed by atoms with van der Waals surface area (Å²) >= 11 is 2.97. The number of thiazole rings is 1. The Bertz CT molecular complexity index is 661. The van der Waals surface area contributed by atoms with Gasteiger partial charge in [-0.2, -0.15) is 11.8 Å². The third kappa shape index (κ3) is 3.72. The number of nitrogens with zero attached hydrogens (tertiary/aromatic N) is 1. The highest BCUT2D eigenvalue weighted by Gasteiger charge is 2.34. The fourth-order valence-electron chi connectivity index (χ4n) is 2.76. The van der Waals surface area contributed by atoms with Crippen LogP contribution in [-0.4, -0.2) is 46.9 Å². The molecule has 1 aromatic heterocycles. The first-order valence-corrected chi connectivity index (χ1v) is 9.89. The van der Waals surface area contributed by atoms with Crippen LogP contribution in [0.3, 0.4) is 0 Å². The van der Waals surface area contributed by atoms with Crippen molar-refractivity contribution in [2.45, 2.75) is 38.1 Å². The van der Waals surface area contributed by atoms with E-state index in [9.17, 15) is 14.4 Å². The minimum absolute atomic E-state index is 0.107. The Labute approximate surface area is 147 Å². The highest BCUT2D eigenvalue weighted by atomic mass is 32.2. The number of amides is 2. The number of ether oxygens (including phenoxy) is 1. The summed E-state index contributed by atoms with van der Waals surface area (Å²) in [7, 11) is 0. The second-order valence-corrected chi connectivity index (χ2v) is 7.84. The Hall–Kier alpha value is -1.61. The van der Waals surface area contributed by atoms with Gasteiger partial charge in [-0.25, -0.2) is 4.98 Å². The molecular formula is C15H19N3O4S2. The number of nitrogens with one attached hydrogen (secondary N) is 2. The van der Waals surface area contributed by atoms with Crippen LogP contribution in [-0.2, 0) is 25.5 Å². The minimum atomic E-state index is -0.551. The van der Waals surface area contributed by atoms with Crippen molar-refractivity contribution < 1.29 is 19.1 Å². The number of aromatic nitrogens is 1. The van der Waals surface area contributed by atoms with Crippen molar-refractivity contribution in [1.82, 2.24) is 10.3 Å². The van der Waals surface area contributed by atoms with Crippen LogP contribution < -0.4 is 10.6 Å². The molecule has 9 heteroatoms. The zero-order valence-electron chi connectivity index (χ0n) is 13.3. The van der Waals surface area contributed by atoms with Gasteiger partial charge in [-0.1, -0.05) is 0 Å². The van der Waals surface area contributed by atoms with Crippen molar-refractivity contribution in [2.24, 2.45) is 0 Å². The van der Waals surface area contributed by atoms with Gasteiger partial charge in [0.25, 0.3) is 0 Å². The van der Waals surface area contributed by atoms with Crippen LogP contribution in [0, 0.1) is 0 Å². The van der Waals surface area contributed by atoms with Crippen molar-refractivity contribution in [3.63, 3.8) is 0 Å². The van der Waals surface area contributed by atoms with E-state index in [1.54, 1.807) is 18.7 Å². The van der Waals surface area contributed by atoms with Gasteiger partial charge < -0.3 is 15.4 Å². The number of hydrogen-bond acceptors (Lipinski definition) is 7. The summed E-state index contributed by atoms with van der Waals surface area (Å²) in [5.74, 6) is 0.306. The molecule has 0 saturated carbocycles. The van der Waals surface area contributed by atoms with E-state index in [0.717, 1.165) is 17.1 Å². The van der Waals surface area contributed by atoms with Crippen LogP contribution >= 0.6 is 23.1 Å². The van der Waals surface area contributed by atoms with Gasteiger partial charge in [0.2, 0.25) is 11.8 Å². The van der Waals surface area contributed by atoms with Crippen molar-refractivity contribution in [3.8, 4) is 0 Å². The lowest BCUT2D eigenvalue weighted by atomic mass is 10.1. The molecule has 2 amide bonds. The maximum absolute atomic E-state index is 12.3. The molecule has 24 heavy (non-hydrogen) atoms. The first kappa shape index (κ1) is 17.2. The zero-order chi connectivity index (χ0) is 17.1. The average molecular weight is 369 g/mol. The van der Waals surface area contributed by atoms with Crippen LogP contribution in [0.15, 0.2) is 0 Å². The maximum Gasteiger partial charge on any atom is 0.315 e. The second kappa shape index (κ2) is 7.52. The fourth-order valence-corrected chi connectivity index (χ4v) is 4.77. The Morgan fingerprint density at radius 3 is 3.04 bits per heavy atom. The molecule has 0 aromatic carbocycles. The number of anilines is 1. The molecule has 130 valence electrons. The normalized spacial score (nSPS) is 23.1. The number of aryl methyl sites for hydroxylation is 1. The lowest BCUT2D eigenvalue weighted by Gasteiger charge is -2.14. The van der Waals surface area contributed by atoms with E-state index in [0.29, 0.717) is 36.0 Å². The van der Waals surface area contributed by atoms with Crippen molar-refractivity contribution in [1.29, 1.82) is 0 Å². The summed E-state index contributed by atoms with van der Waals surface area (Å²) in [6.45, 7) is 2.12. The SMILES string of the molecule is CCOC(=O)[C@H]1CCc2sc(NC(=O)[C@@H]3CSCCC(=O)N3)nc21. The lowest BCUT2D eigenvalue weighted by molar-refractivity contribution is -0.145. The van der Waals surface area contributed by atoms with E-state index in [1.807, 2.05) is 0 Å². The fraction of sp³-hybridized carbons (Fsp3) is 0.600. The molecule has 0 bridgehead atoms. The van der Waals surface area contributed by atoms with E-state index >= 15 is 0 Å². The molecule has 2 N–H and O–H groups in total. The number of hydrogen-bond donors (Lipinski definition) is 2. The summed E-state index contributed by atoms with van der Waals surface area (Å²) in [6.07, 6.45) is 1.90. The molecule has 3 rings (SSSR count). The van der Waals surface area contributed by atoms with Crippen LogP contribution in [0.2, 0.25) is 0 Å². The molecule has 2 aliphatic rings. The monoisotopic (exact) mass is 369 g/mol. The predicted molar refractivity (Wildman–Crippen MR) is 92.3 cm³/mol. The maximum atomic E-state index is 12.3. The summed E-state index contributed by atoms with van der Waals surface area (Å²) < 4.78 is 5.08. The van der Waals surface area contributed by atoms with Gasteiger partial charge in [0, 0.05) is 22.8 Å². The molecule has 7 nitrogen and oxygen atoms in total. The first-order valence-electron chi connectivity index (χ1n) is 7.92. The number of thioether (sulfide) groups is 1.